The van der Waals surface area contributed by atoms with Crippen LogP contribution in [0.3, 0.4) is 0 Å². The molecule has 0 bridgehead atoms. The number of alkyl halides is 4. The standard InChI is InChI=1S/C28H22F4O6S.Li/c1-26(21-8-12-23(33)13-9-21,22-10-14-24(34)15-11-22)20-6-2-18(3-7-20)19-4-16-25(17-5-19)38-27(29,30)28(31,32)39(35,36)37;/h2-17,33-34H,1H3,(H,35,36,37);/q;+1/p-1. The van der Waals surface area contributed by atoms with Gasteiger partial charge in [-0.1, -0.05) is 60.7 Å². The van der Waals surface area contributed by atoms with E-state index in [9.17, 15) is 40.7 Å². The molecule has 2 N–H and O–H groups in total. The van der Waals surface area contributed by atoms with Gasteiger partial charge in [-0.05, 0) is 71.1 Å². The molecule has 0 fully saturated rings. The van der Waals surface area contributed by atoms with E-state index in [4.69, 9.17) is 0 Å². The minimum absolute atomic E-state index is 0. The van der Waals surface area contributed by atoms with Crippen molar-refractivity contribution >= 4 is 10.1 Å². The van der Waals surface area contributed by atoms with Crippen molar-refractivity contribution in [2.24, 2.45) is 0 Å². The number of benzene rings is 4. The quantitative estimate of drug-likeness (QED) is 0.146. The molecule has 12 heteroatoms. The molecule has 204 valence electrons. The zero-order chi connectivity index (χ0) is 28.6. The number of ether oxygens (including phenoxy) is 1. The summed E-state index contributed by atoms with van der Waals surface area (Å²) in [7, 11) is -6.68. The first-order valence-electron chi connectivity index (χ1n) is 11.4. The third-order valence-electron chi connectivity index (χ3n) is 6.44. The average molecular weight is 568 g/mol. The summed E-state index contributed by atoms with van der Waals surface area (Å²) in [5.41, 5.74) is 3.02. The maximum atomic E-state index is 13.7. The number of halogens is 4. The summed E-state index contributed by atoms with van der Waals surface area (Å²) in [6.45, 7) is 1.98. The first kappa shape index (κ1) is 31.0. The van der Waals surface area contributed by atoms with Crippen LogP contribution in [0.15, 0.2) is 97.1 Å². The monoisotopic (exact) mass is 568 g/mol. The van der Waals surface area contributed by atoms with Gasteiger partial charge in [0, 0.05) is 5.41 Å². The van der Waals surface area contributed by atoms with Crippen molar-refractivity contribution in [3.05, 3.63) is 114 Å². The minimum atomic E-state index is -6.68. The first-order valence-corrected chi connectivity index (χ1v) is 12.8. The van der Waals surface area contributed by atoms with Gasteiger partial charge in [0.1, 0.15) is 17.2 Å². The Labute approximate surface area is 239 Å². The fourth-order valence-electron chi connectivity index (χ4n) is 4.15. The summed E-state index contributed by atoms with van der Waals surface area (Å²) >= 11 is 0. The van der Waals surface area contributed by atoms with Crippen LogP contribution in [0.5, 0.6) is 17.2 Å². The normalized spacial score (nSPS) is 12.4. The van der Waals surface area contributed by atoms with E-state index >= 15 is 0 Å². The predicted octanol–water partition coefficient (Wildman–Crippen LogP) is 3.23. The fourth-order valence-corrected chi connectivity index (χ4v) is 4.49. The Bertz CT molecular complexity index is 1510. The van der Waals surface area contributed by atoms with Crippen molar-refractivity contribution in [1.82, 2.24) is 0 Å². The zero-order valence-corrected chi connectivity index (χ0v) is 22.0. The Hall–Kier alpha value is -3.49. The number of rotatable bonds is 8. The van der Waals surface area contributed by atoms with E-state index in [-0.39, 0.29) is 30.4 Å². The van der Waals surface area contributed by atoms with Crippen LogP contribution in [0, 0.1) is 0 Å². The van der Waals surface area contributed by atoms with Crippen LogP contribution in [0.4, 0.5) is 17.6 Å². The maximum Gasteiger partial charge on any atom is 1.00 e. The van der Waals surface area contributed by atoms with Gasteiger partial charge >= 0.3 is 30.2 Å². The molecule has 6 nitrogen and oxygen atoms in total. The van der Waals surface area contributed by atoms with Crippen molar-refractivity contribution in [3.63, 3.8) is 0 Å². The van der Waals surface area contributed by atoms with Crippen molar-refractivity contribution in [2.45, 2.75) is 23.7 Å². The van der Waals surface area contributed by atoms with E-state index in [0.717, 1.165) is 28.8 Å². The molecule has 4 rings (SSSR count). The van der Waals surface area contributed by atoms with Crippen molar-refractivity contribution in [2.75, 3.05) is 0 Å². The summed E-state index contributed by atoms with van der Waals surface area (Å²) < 4.78 is 89.6. The van der Waals surface area contributed by atoms with Gasteiger partial charge in [0.25, 0.3) is 0 Å². The number of phenols is 2. The zero-order valence-electron chi connectivity index (χ0n) is 21.2. The third-order valence-corrected chi connectivity index (χ3v) is 7.30. The van der Waals surface area contributed by atoms with Crippen molar-refractivity contribution in [3.8, 4) is 28.4 Å². The van der Waals surface area contributed by atoms with E-state index in [0.29, 0.717) is 11.1 Å². The molecule has 0 aliphatic heterocycles. The first-order chi connectivity index (χ1) is 18.1. The van der Waals surface area contributed by atoms with Gasteiger partial charge in [0.05, 0.1) is 0 Å². The molecule has 0 spiro atoms. The van der Waals surface area contributed by atoms with Crippen LogP contribution >= 0.6 is 0 Å². The summed E-state index contributed by atoms with van der Waals surface area (Å²) in [6, 6.07) is 25.1. The number of phenolic OH excluding ortho intramolecular Hbond substituents is 2. The van der Waals surface area contributed by atoms with Gasteiger partial charge < -0.3 is 19.5 Å². The second kappa shape index (κ2) is 11.2. The van der Waals surface area contributed by atoms with Crippen LogP contribution in [0.25, 0.3) is 11.1 Å². The summed E-state index contributed by atoms with van der Waals surface area (Å²) in [5, 5.41) is 13.6. The molecule has 0 saturated carbocycles. The van der Waals surface area contributed by atoms with E-state index in [1.807, 2.05) is 19.1 Å². The minimum Gasteiger partial charge on any atom is -0.743 e. The van der Waals surface area contributed by atoms with E-state index in [1.54, 1.807) is 60.7 Å². The molecule has 4 aromatic carbocycles. The summed E-state index contributed by atoms with van der Waals surface area (Å²) in [6.07, 6.45) is -5.58. The molecule has 0 radical (unpaired) electrons. The van der Waals surface area contributed by atoms with Crippen molar-refractivity contribution < 1.29 is 64.3 Å². The Morgan fingerprint density at radius 1 is 0.650 bits per heavy atom. The molecule has 0 aliphatic carbocycles. The smallest absolute Gasteiger partial charge is 0.743 e. The Morgan fingerprint density at radius 3 is 1.32 bits per heavy atom. The molecular formula is C28H21F4LiO6S. The van der Waals surface area contributed by atoms with Crippen molar-refractivity contribution in [1.29, 1.82) is 0 Å². The number of hydrogen-bond donors (Lipinski definition) is 2. The summed E-state index contributed by atoms with van der Waals surface area (Å²) in [4.78, 5) is 0. The Kier molecular flexibility index (Phi) is 8.67. The van der Waals surface area contributed by atoms with Crippen LogP contribution in [-0.2, 0) is 15.5 Å². The Balaban J connectivity index is 0.00000441. The third kappa shape index (κ3) is 5.83. The molecule has 0 unspecified atom stereocenters. The second-order valence-electron chi connectivity index (χ2n) is 8.91. The largest absolute Gasteiger partial charge is 1.00 e. The van der Waals surface area contributed by atoms with Crippen LogP contribution in [0.1, 0.15) is 23.6 Å². The van der Waals surface area contributed by atoms with E-state index < -0.39 is 32.6 Å². The average Bonchev–Trinajstić information content (AvgIpc) is 2.89. The van der Waals surface area contributed by atoms with Gasteiger partial charge in [-0.2, -0.15) is 17.6 Å². The number of hydrogen-bond acceptors (Lipinski definition) is 6. The number of aromatic hydroxyl groups is 2. The molecule has 0 amide bonds. The molecule has 0 aliphatic rings. The SMILES string of the molecule is CC(c1ccc(O)cc1)(c1ccc(O)cc1)c1ccc(-c2ccc(OC(F)(F)C(F)(F)S(=O)(=O)[O-])cc2)cc1.[Li+]. The molecule has 0 heterocycles. The van der Waals surface area contributed by atoms with Gasteiger partial charge in [-0.15, -0.1) is 0 Å². The van der Waals surface area contributed by atoms with Crippen LogP contribution in [0.2, 0.25) is 0 Å². The molecule has 0 aromatic heterocycles. The van der Waals surface area contributed by atoms with Gasteiger partial charge in [0.15, 0.2) is 10.1 Å². The molecule has 0 saturated heterocycles. The molecule has 40 heavy (non-hydrogen) atoms. The van der Waals surface area contributed by atoms with Crippen LogP contribution < -0.4 is 23.6 Å². The Morgan fingerprint density at radius 2 is 0.975 bits per heavy atom. The van der Waals surface area contributed by atoms with E-state index in [2.05, 4.69) is 4.74 Å². The molecular weight excluding hydrogens is 547 g/mol. The van der Waals surface area contributed by atoms with Gasteiger partial charge in [-0.3, -0.25) is 0 Å². The van der Waals surface area contributed by atoms with Gasteiger partial charge in [0.2, 0.25) is 0 Å². The van der Waals surface area contributed by atoms with E-state index in [1.165, 1.54) is 12.1 Å². The summed E-state index contributed by atoms with van der Waals surface area (Å²) in [5.74, 6) is -0.563. The topological polar surface area (TPSA) is 107 Å². The molecule has 0 atom stereocenters. The van der Waals surface area contributed by atoms with Gasteiger partial charge in [-0.25, -0.2) is 8.42 Å². The molecule has 4 aromatic rings. The predicted molar refractivity (Wildman–Crippen MR) is 134 cm³/mol. The second-order valence-corrected chi connectivity index (χ2v) is 10.3. The fraction of sp³-hybridized carbons (Fsp3) is 0.143. The van der Waals surface area contributed by atoms with Crippen LogP contribution in [-0.4, -0.2) is 34.5 Å². The maximum absolute atomic E-state index is 13.7.